The molecule has 0 heterocycles. The van der Waals surface area contributed by atoms with Gasteiger partial charge < -0.3 is 20.3 Å². The van der Waals surface area contributed by atoms with Crippen LogP contribution in [-0.4, -0.2) is 25.2 Å². The van der Waals surface area contributed by atoms with Crippen LogP contribution in [-0.2, 0) is 0 Å². The molecule has 1 atom stereocenters. The Morgan fingerprint density at radius 2 is 2.07 bits per heavy atom. The molecule has 15 heavy (non-hydrogen) atoms. The molecular weight excluding hydrogens is 196 g/mol. The lowest BCUT2D eigenvalue weighted by atomic mass is 10.1. The molecule has 0 aliphatic carbocycles. The van der Waals surface area contributed by atoms with Gasteiger partial charge in [-0.15, -0.1) is 0 Å². The molecule has 0 spiro atoms. The molecule has 5 nitrogen and oxygen atoms in total. The second kappa shape index (κ2) is 4.65. The monoisotopic (exact) mass is 210 g/mol. The number of nitrogens with one attached hydrogen (secondary N) is 1. The van der Waals surface area contributed by atoms with Gasteiger partial charge in [-0.05, 0) is 6.07 Å². The number of aliphatic hydroxyl groups excluding tert-OH is 1. The minimum absolute atomic E-state index is 0.332. The lowest BCUT2D eigenvalue weighted by molar-refractivity contribution is 0.236. The highest BCUT2D eigenvalue weighted by molar-refractivity contribution is 5.83. The molecule has 4 N–H and O–H groups in total. The van der Waals surface area contributed by atoms with Crippen LogP contribution in [0.4, 0.5) is 0 Å². The van der Waals surface area contributed by atoms with E-state index in [1.165, 1.54) is 14.2 Å². The van der Waals surface area contributed by atoms with Crippen molar-refractivity contribution in [2.45, 2.75) is 6.10 Å². The molecule has 0 aliphatic rings. The minimum Gasteiger partial charge on any atom is -0.493 e. The van der Waals surface area contributed by atoms with Gasteiger partial charge in [0.05, 0.1) is 14.2 Å². The highest BCUT2D eigenvalue weighted by Gasteiger charge is 2.18. The number of amidine groups is 1. The van der Waals surface area contributed by atoms with E-state index in [2.05, 4.69) is 0 Å². The van der Waals surface area contributed by atoms with Crippen molar-refractivity contribution in [3.63, 3.8) is 0 Å². The quantitative estimate of drug-likeness (QED) is 0.503. The van der Waals surface area contributed by atoms with E-state index in [-0.39, 0.29) is 5.84 Å². The van der Waals surface area contributed by atoms with Crippen molar-refractivity contribution in [1.82, 2.24) is 0 Å². The van der Waals surface area contributed by atoms with E-state index in [1.807, 2.05) is 0 Å². The van der Waals surface area contributed by atoms with E-state index >= 15 is 0 Å². The average molecular weight is 210 g/mol. The maximum Gasteiger partial charge on any atom is 0.166 e. The third kappa shape index (κ3) is 2.19. The summed E-state index contributed by atoms with van der Waals surface area (Å²) < 4.78 is 10.2. The molecule has 82 valence electrons. The first-order chi connectivity index (χ1) is 7.11. The Morgan fingerprint density at radius 3 is 2.53 bits per heavy atom. The smallest absolute Gasteiger partial charge is 0.166 e. The van der Waals surface area contributed by atoms with Gasteiger partial charge in [0.15, 0.2) is 11.5 Å². The fourth-order valence-corrected chi connectivity index (χ4v) is 1.29. The Morgan fingerprint density at radius 1 is 1.40 bits per heavy atom. The predicted octanol–water partition coefficient (Wildman–Crippen LogP) is 0.673. The van der Waals surface area contributed by atoms with Crippen LogP contribution < -0.4 is 15.2 Å². The van der Waals surface area contributed by atoms with Gasteiger partial charge in [0.2, 0.25) is 0 Å². The van der Waals surface area contributed by atoms with Crippen LogP contribution in [0.1, 0.15) is 11.7 Å². The number of rotatable bonds is 4. The van der Waals surface area contributed by atoms with Crippen molar-refractivity contribution in [2.24, 2.45) is 5.73 Å². The highest BCUT2D eigenvalue weighted by atomic mass is 16.5. The van der Waals surface area contributed by atoms with Gasteiger partial charge in [-0.2, -0.15) is 0 Å². The topological polar surface area (TPSA) is 88.6 Å². The van der Waals surface area contributed by atoms with E-state index in [4.69, 9.17) is 20.6 Å². The molecule has 1 unspecified atom stereocenters. The van der Waals surface area contributed by atoms with Gasteiger partial charge in [-0.3, -0.25) is 5.41 Å². The summed E-state index contributed by atoms with van der Waals surface area (Å²) in [5.74, 6) is 0.555. The fraction of sp³-hybridized carbons (Fsp3) is 0.300. The van der Waals surface area contributed by atoms with E-state index in [0.717, 1.165) is 0 Å². The van der Waals surface area contributed by atoms with Gasteiger partial charge in [-0.25, -0.2) is 0 Å². The molecule has 0 bridgehead atoms. The summed E-state index contributed by atoms with van der Waals surface area (Å²) in [7, 11) is 2.97. The summed E-state index contributed by atoms with van der Waals surface area (Å²) in [6.07, 6.45) is -1.17. The summed E-state index contributed by atoms with van der Waals surface area (Å²) >= 11 is 0. The van der Waals surface area contributed by atoms with E-state index in [1.54, 1.807) is 18.2 Å². The van der Waals surface area contributed by atoms with Crippen LogP contribution in [0.2, 0.25) is 0 Å². The summed E-state index contributed by atoms with van der Waals surface area (Å²) in [4.78, 5) is 0. The summed E-state index contributed by atoms with van der Waals surface area (Å²) in [5.41, 5.74) is 5.64. The molecule has 0 aromatic heterocycles. The number of benzene rings is 1. The Bertz CT molecular complexity index is 366. The van der Waals surface area contributed by atoms with Crippen LogP contribution >= 0.6 is 0 Å². The Hall–Kier alpha value is -1.75. The molecule has 0 amide bonds. The molecule has 0 saturated carbocycles. The van der Waals surface area contributed by atoms with Crippen LogP contribution in [0.15, 0.2) is 18.2 Å². The Balaban J connectivity index is 3.22. The summed E-state index contributed by atoms with van der Waals surface area (Å²) in [5, 5.41) is 16.8. The third-order valence-corrected chi connectivity index (χ3v) is 2.02. The van der Waals surface area contributed by atoms with Crippen molar-refractivity contribution in [2.75, 3.05) is 14.2 Å². The average Bonchev–Trinajstić information content (AvgIpc) is 2.26. The number of nitrogens with two attached hydrogens (primary N) is 1. The van der Waals surface area contributed by atoms with Crippen molar-refractivity contribution in [1.29, 1.82) is 5.41 Å². The lowest BCUT2D eigenvalue weighted by Gasteiger charge is -2.15. The summed E-state index contributed by atoms with van der Waals surface area (Å²) in [6, 6.07) is 5.03. The van der Waals surface area contributed by atoms with Gasteiger partial charge in [0.1, 0.15) is 11.9 Å². The molecule has 1 aromatic rings. The van der Waals surface area contributed by atoms with Crippen LogP contribution in [0.3, 0.4) is 0 Å². The van der Waals surface area contributed by atoms with E-state index < -0.39 is 6.10 Å². The van der Waals surface area contributed by atoms with Crippen LogP contribution in [0.25, 0.3) is 0 Å². The molecule has 5 heteroatoms. The van der Waals surface area contributed by atoms with Crippen molar-refractivity contribution in [3.05, 3.63) is 23.8 Å². The van der Waals surface area contributed by atoms with Gasteiger partial charge in [0.25, 0.3) is 0 Å². The lowest BCUT2D eigenvalue weighted by Crippen LogP contribution is -2.20. The van der Waals surface area contributed by atoms with E-state index in [0.29, 0.717) is 17.1 Å². The first-order valence-electron chi connectivity index (χ1n) is 4.34. The molecule has 1 aromatic carbocycles. The Kier molecular flexibility index (Phi) is 3.51. The minimum atomic E-state index is -1.17. The Labute approximate surface area is 87.9 Å². The van der Waals surface area contributed by atoms with Crippen molar-refractivity contribution < 1.29 is 14.6 Å². The molecule has 0 radical (unpaired) electrons. The number of hydrogen-bond acceptors (Lipinski definition) is 4. The SMILES string of the molecule is COc1cccc(C(O)C(=N)N)c1OC. The first kappa shape index (κ1) is 11.3. The highest BCUT2D eigenvalue weighted by Crippen LogP contribution is 2.34. The third-order valence-electron chi connectivity index (χ3n) is 2.02. The molecular formula is C10H14N2O3. The number of para-hydroxylation sites is 1. The standard InChI is InChI=1S/C10H14N2O3/c1-14-7-5-3-4-6(9(7)15-2)8(13)10(11)12/h3-5,8,13H,1-2H3,(H3,11,12). The summed E-state index contributed by atoms with van der Waals surface area (Å²) in [6.45, 7) is 0. The van der Waals surface area contributed by atoms with Crippen LogP contribution in [0.5, 0.6) is 11.5 Å². The van der Waals surface area contributed by atoms with E-state index in [9.17, 15) is 5.11 Å². The fourth-order valence-electron chi connectivity index (χ4n) is 1.29. The van der Waals surface area contributed by atoms with Crippen molar-refractivity contribution in [3.8, 4) is 11.5 Å². The zero-order valence-electron chi connectivity index (χ0n) is 8.65. The molecule has 0 fully saturated rings. The number of ether oxygens (including phenoxy) is 2. The van der Waals surface area contributed by atoms with Gasteiger partial charge in [-0.1, -0.05) is 12.1 Å². The molecule has 0 aliphatic heterocycles. The van der Waals surface area contributed by atoms with Gasteiger partial charge >= 0.3 is 0 Å². The molecule has 1 rings (SSSR count). The normalized spacial score (nSPS) is 11.9. The maximum atomic E-state index is 9.64. The molecule has 0 saturated heterocycles. The zero-order chi connectivity index (χ0) is 11.4. The maximum absolute atomic E-state index is 9.64. The van der Waals surface area contributed by atoms with Crippen molar-refractivity contribution >= 4 is 5.84 Å². The van der Waals surface area contributed by atoms with Gasteiger partial charge in [0, 0.05) is 5.56 Å². The second-order valence-corrected chi connectivity index (χ2v) is 2.94. The first-order valence-corrected chi connectivity index (χ1v) is 4.34. The zero-order valence-corrected chi connectivity index (χ0v) is 8.65. The van der Waals surface area contributed by atoms with Crippen LogP contribution in [0, 0.1) is 5.41 Å². The predicted molar refractivity (Wildman–Crippen MR) is 56.4 cm³/mol. The second-order valence-electron chi connectivity index (χ2n) is 2.94. The number of hydrogen-bond donors (Lipinski definition) is 3. The number of methoxy groups -OCH3 is 2. The number of aliphatic hydroxyl groups is 1. The largest absolute Gasteiger partial charge is 0.493 e.